The summed E-state index contributed by atoms with van der Waals surface area (Å²) in [7, 11) is 0. The number of ether oxygens (including phenoxy) is 1. The van der Waals surface area contributed by atoms with Crippen molar-refractivity contribution < 1.29 is 4.74 Å². The molecule has 1 aromatic heterocycles. The average molecular weight is 270 g/mol. The molecule has 5 heteroatoms. The maximum Gasteiger partial charge on any atom is 0.0969 e. The number of anilines is 1. The van der Waals surface area contributed by atoms with Crippen LogP contribution in [0.3, 0.4) is 0 Å². The zero-order chi connectivity index (χ0) is 13.4. The molecule has 2 aliphatic rings. The highest BCUT2D eigenvalue weighted by Crippen LogP contribution is 2.28. The molecule has 0 bridgehead atoms. The zero-order valence-corrected chi connectivity index (χ0v) is 11.4. The van der Waals surface area contributed by atoms with Crippen LogP contribution in [0.1, 0.15) is 11.3 Å². The van der Waals surface area contributed by atoms with Crippen LogP contribution in [0.15, 0.2) is 24.3 Å². The molecule has 0 aliphatic carbocycles. The third kappa shape index (κ3) is 1.99. The smallest absolute Gasteiger partial charge is 0.0969 e. The minimum atomic E-state index is 0.820. The van der Waals surface area contributed by atoms with Crippen molar-refractivity contribution >= 4 is 5.69 Å². The van der Waals surface area contributed by atoms with Gasteiger partial charge in [-0.15, -0.1) is 0 Å². The molecule has 3 heterocycles. The number of H-pyrrole nitrogens is 1. The molecule has 0 unspecified atom stereocenters. The van der Waals surface area contributed by atoms with E-state index in [1.807, 2.05) is 0 Å². The van der Waals surface area contributed by atoms with Crippen LogP contribution < -0.4 is 10.2 Å². The number of nitrogens with one attached hydrogen (secondary N) is 2. The Balaban J connectivity index is 1.60. The van der Waals surface area contributed by atoms with E-state index >= 15 is 0 Å². The summed E-state index contributed by atoms with van der Waals surface area (Å²) in [5, 5.41) is 10.9. The summed E-state index contributed by atoms with van der Waals surface area (Å²) in [6.45, 7) is 5.39. The molecule has 1 aromatic carbocycles. The molecule has 0 radical (unpaired) electrons. The van der Waals surface area contributed by atoms with E-state index in [-0.39, 0.29) is 0 Å². The van der Waals surface area contributed by atoms with Gasteiger partial charge >= 0.3 is 0 Å². The van der Waals surface area contributed by atoms with Gasteiger partial charge in [-0.05, 0) is 12.1 Å². The van der Waals surface area contributed by atoms with E-state index < -0.39 is 0 Å². The molecule has 2 aliphatic heterocycles. The summed E-state index contributed by atoms with van der Waals surface area (Å²) in [4.78, 5) is 2.36. The van der Waals surface area contributed by atoms with E-state index in [9.17, 15) is 0 Å². The van der Waals surface area contributed by atoms with Crippen LogP contribution in [-0.4, -0.2) is 36.5 Å². The van der Waals surface area contributed by atoms with Gasteiger partial charge in [0.25, 0.3) is 0 Å². The first-order chi connectivity index (χ1) is 9.92. The lowest BCUT2D eigenvalue weighted by atomic mass is 10.1. The van der Waals surface area contributed by atoms with Crippen molar-refractivity contribution in [2.75, 3.05) is 31.2 Å². The molecule has 5 nitrogen and oxygen atoms in total. The maximum absolute atomic E-state index is 5.39. The fourth-order valence-electron chi connectivity index (χ4n) is 2.94. The summed E-state index contributed by atoms with van der Waals surface area (Å²) in [6.07, 6.45) is 0. The molecule has 0 saturated carbocycles. The van der Waals surface area contributed by atoms with Gasteiger partial charge in [0.1, 0.15) is 0 Å². The van der Waals surface area contributed by atoms with Gasteiger partial charge in [0.15, 0.2) is 0 Å². The van der Waals surface area contributed by atoms with Gasteiger partial charge in [-0.2, -0.15) is 5.10 Å². The van der Waals surface area contributed by atoms with Crippen molar-refractivity contribution in [3.8, 4) is 11.3 Å². The Morgan fingerprint density at radius 2 is 1.85 bits per heavy atom. The number of aromatic nitrogens is 2. The monoisotopic (exact) mass is 270 g/mol. The summed E-state index contributed by atoms with van der Waals surface area (Å²) >= 11 is 0. The molecule has 20 heavy (non-hydrogen) atoms. The first kappa shape index (κ1) is 11.9. The van der Waals surface area contributed by atoms with Gasteiger partial charge in [-0.3, -0.25) is 5.10 Å². The highest BCUT2D eigenvalue weighted by atomic mass is 16.5. The number of rotatable bonds is 2. The molecule has 0 amide bonds. The van der Waals surface area contributed by atoms with Crippen molar-refractivity contribution in [2.24, 2.45) is 0 Å². The van der Waals surface area contributed by atoms with Crippen molar-refractivity contribution in [3.63, 3.8) is 0 Å². The van der Waals surface area contributed by atoms with E-state index in [0.29, 0.717) is 0 Å². The summed E-state index contributed by atoms with van der Waals surface area (Å²) in [6, 6.07) is 8.70. The van der Waals surface area contributed by atoms with E-state index in [1.54, 1.807) is 0 Å². The normalized spacial score (nSPS) is 18.3. The fourth-order valence-corrected chi connectivity index (χ4v) is 2.94. The quantitative estimate of drug-likeness (QED) is 0.868. The van der Waals surface area contributed by atoms with Gasteiger partial charge in [-0.25, -0.2) is 0 Å². The Labute approximate surface area is 117 Å². The van der Waals surface area contributed by atoms with Gasteiger partial charge in [0.2, 0.25) is 0 Å². The van der Waals surface area contributed by atoms with Crippen LogP contribution in [0.2, 0.25) is 0 Å². The Hall–Kier alpha value is -1.85. The van der Waals surface area contributed by atoms with Gasteiger partial charge < -0.3 is 15.0 Å². The molecular formula is C15H18N4O. The molecule has 1 fully saturated rings. The standard InChI is InChI=1S/C15H18N4O/c1-3-12(19-5-7-20-8-6-19)4-2-11(1)15-13-9-16-10-14(13)17-18-15/h1-4,16H,5-10H2,(H,17,18). The fraction of sp³-hybridized carbons (Fsp3) is 0.400. The van der Waals surface area contributed by atoms with Crippen LogP contribution in [-0.2, 0) is 17.8 Å². The topological polar surface area (TPSA) is 53.2 Å². The van der Waals surface area contributed by atoms with E-state index in [0.717, 1.165) is 45.1 Å². The Morgan fingerprint density at radius 3 is 2.65 bits per heavy atom. The first-order valence-corrected chi connectivity index (χ1v) is 7.12. The molecular weight excluding hydrogens is 252 g/mol. The maximum atomic E-state index is 5.39. The molecule has 2 aromatic rings. The second-order valence-electron chi connectivity index (χ2n) is 5.28. The van der Waals surface area contributed by atoms with Crippen LogP contribution in [0.5, 0.6) is 0 Å². The Kier molecular flexibility index (Phi) is 2.94. The van der Waals surface area contributed by atoms with Gasteiger partial charge in [-0.1, -0.05) is 12.1 Å². The minimum absolute atomic E-state index is 0.820. The van der Waals surface area contributed by atoms with Crippen molar-refractivity contribution in [2.45, 2.75) is 13.1 Å². The molecule has 104 valence electrons. The highest BCUT2D eigenvalue weighted by molar-refractivity contribution is 5.67. The lowest BCUT2D eigenvalue weighted by Gasteiger charge is -2.28. The van der Waals surface area contributed by atoms with E-state index in [2.05, 4.69) is 44.7 Å². The third-order valence-electron chi connectivity index (χ3n) is 4.07. The Bertz CT molecular complexity index is 599. The largest absolute Gasteiger partial charge is 0.378 e. The van der Waals surface area contributed by atoms with Crippen LogP contribution in [0, 0.1) is 0 Å². The Morgan fingerprint density at radius 1 is 1.05 bits per heavy atom. The number of nitrogens with zero attached hydrogens (tertiary/aromatic N) is 2. The van der Waals surface area contributed by atoms with Crippen LogP contribution in [0.25, 0.3) is 11.3 Å². The predicted octanol–water partition coefficient (Wildman–Crippen LogP) is 1.52. The summed E-state index contributed by atoms with van der Waals surface area (Å²) < 4.78 is 5.39. The molecule has 1 saturated heterocycles. The third-order valence-corrected chi connectivity index (χ3v) is 4.07. The zero-order valence-electron chi connectivity index (χ0n) is 11.4. The summed E-state index contributed by atoms with van der Waals surface area (Å²) in [5.41, 5.74) is 6.06. The van der Waals surface area contributed by atoms with Crippen molar-refractivity contribution in [1.29, 1.82) is 0 Å². The lowest BCUT2D eigenvalue weighted by molar-refractivity contribution is 0.122. The van der Waals surface area contributed by atoms with Gasteiger partial charge in [0, 0.05) is 43.0 Å². The number of morpholine rings is 1. The SMILES string of the molecule is c1cc(N2CCOCC2)ccc1-c1n[nH]c2c1CNC2. The number of fused-ring (bicyclic) bond motifs is 1. The van der Waals surface area contributed by atoms with Crippen LogP contribution in [0.4, 0.5) is 5.69 Å². The predicted molar refractivity (Wildman–Crippen MR) is 77.6 cm³/mol. The second kappa shape index (κ2) is 4.92. The van der Waals surface area contributed by atoms with E-state index in [1.165, 1.54) is 22.5 Å². The molecule has 0 atom stereocenters. The highest BCUT2D eigenvalue weighted by Gasteiger charge is 2.19. The van der Waals surface area contributed by atoms with Gasteiger partial charge in [0.05, 0.1) is 24.6 Å². The summed E-state index contributed by atoms with van der Waals surface area (Å²) in [5.74, 6) is 0. The molecule has 4 rings (SSSR count). The van der Waals surface area contributed by atoms with Crippen molar-refractivity contribution in [3.05, 3.63) is 35.5 Å². The van der Waals surface area contributed by atoms with Crippen molar-refractivity contribution in [1.82, 2.24) is 15.5 Å². The van der Waals surface area contributed by atoms with Crippen LogP contribution >= 0.6 is 0 Å². The lowest BCUT2D eigenvalue weighted by Crippen LogP contribution is -2.36. The van der Waals surface area contributed by atoms with E-state index in [4.69, 9.17) is 4.74 Å². The first-order valence-electron chi connectivity index (χ1n) is 7.12. The molecule has 2 N–H and O–H groups in total. The molecule has 0 spiro atoms. The second-order valence-corrected chi connectivity index (χ2v) is 5.28. The number of hydrogen-bond donors (Lipinski definition) is 2. The minimum Gasteiger partial charge on any atom is -0.378 e. The number of benzene rings is 1. The average Bonchev–Trinajstić information content (AvgIpc) is 3.11. The number of aromatic amines is 1. The number of hydrogen-bond acceptors (Lipinski definition) is 4.